The highest BCUT2D eigenvalue weighted by atomic mass is 32.2. The van der Waals surface area contributed by atoms with Crippen LogP contribution in [0.5, 0.6) is 5.75 Å². The first-order valence-corrected chi connectivity index (χ1v) is 14.6. The molecular formula is C30H32N4O4S. The number of para-hydroxylation sites is 1. The number of aryl methyl sites for hydroxylation is 1. The van der Waals surface area contributed by atoms with Gasteiger partial charge in [-0.1, -0.05) is 30.3 Å². The average molecular weight is 545 g/mol. The monoisotopic (exact) mass is 544 g/mol. The number of aromatic nitrogens is 2. The molecule has 8 nitrogen and oxygen atoms in total. The van der Waals surface area contributed by atoms with E-state index < -0.39 is 14.6 Å². The van der Waals surface area contributed by atoms with Crippen LogP contribution in [0.25, 0.3) is 10.9 Å². The summed E-state index contributed by atoms with van der Waals surface area (Å²) in [4.78, 5) is 23.4. The Hall–Kier alpha value is -3.82. The van der Waals surface area contributed by atoms with Crippen LogP contribution in [0.15, 0.2) is 79.1 Å². The number of rotatable bonds is 8. The van der Waals surface area contributed by atoms with Gasteiger partial charge in [0.15, 0.2) is 9.84 Å². The predicted molar refractivity (Wildman–Crippen MR) is 151 cm³/mol. The van der Waals surface area contributed by atoms with Crippen LogP contribution in [-0.4, -0.2) is 55.1 Å². The zero-order chi connectivity index (χ0) is 27.5. The van der Waals surface area contributed by atoms with Crippen molar-refractivity contribution in [1.29, 1.82) is 0 Å². The molecule has 1 amide bonds. The molecule has 1 atom stereocenters. The number of hydrogen-bond acceptors (Lipinski definition) is 7. The summed E-state index contributed by atoms with van der Waals surface area (Å²) in [7, 11) is -2.10. The van der Waals surface area contributed by atoms with Crippen LogP contribution in [0.2, 0.25) is 0 Å². The third-order valence-corrected chi connectivity index (χ3v) is 9.76. The lowest BCUT2D eigenvalue weighted by atomic mass is 9.92. The van der Waals surface area contributed by atoms with E-state index in [0.29, 0.717) is 31.0 Å². The number of benzene rings is 2. The number of ether oxygens (including phenoxy) is 1. The van der Waals surface area contributed by atoms with Gasteiger partial charge < -0.3 is 10.1 Å². The number of carbonyl (C=O) groups is 1. The van der Waals surface area contributed by atoms with Crippen molar-refractivity contribution in [3.63, 3.8) is 0 Å². The van der Waals surface area contributed by atoms with Crippen LogP contribution in [0, 0.1) is 6.92 Å². The van der Waals surface area contributed by atoms with Crippen molar-refractivity contribution in [2.75, 3.05) is 25.9 Å². The predicted octanol–water partition coefficient (Wildman–Crippen LogP) is 3.78. The zero-order valence-electron chi connectivity index (χ0n) is 22.1. The van der Waals surface area contributed by atoms with Crippen LogP contribution in [0.1, 0.15) is 28.8 Å². The van der Waals surface area contributed by atoms with Gasteiger partial charge in [0.1, 0.15) is 17.1 Å². The van der Waals surface area contributed by atoms with Gasteiger partial charge in [0.25, 0.3) is 0 Å². The molecule has 3 heterocycles. The minimum Gasteiger partial charge on any atom is -0.489 e. The first-order chi connectivity index (χ1) is 18.8. The molecule has 0 radical (unpaired) electrons. The number of pyridine rings is 2. The molecule has 0 spiro atoms. The molecular weight excluding hydrogens is 512 g/mol. The van der Waals surface area contributed by atoms with Crippen molar-refractivity contribution in [1.82, 2.24) is 20.2 Å². The van der Waals surface area contributed by atoms with Crippen molar-refractivity contribution in [2.45, 2.75) is 31.2 Å². The average Bonchev–Trinajstić information content (AvgIpc) is 2.94. The Labute approximate surface area is 229 Å². The van der Waals surface area contributed by atoms with Crippen molar-refractivity contribution in [3.8, 4) is 5.75 Å². The minimum absolute atomic E-state index is 0.0260. The third-order valence-electron chi connectivity index (χ3n) is 7.34. The van der Waals surface area contributed by atoms with Gasteiger partial charge in [0, 0.05) is 55.7 Å². The third kappa shape index (κ3) is 5.65. The van der Waals surface area contributed by atoms with Gasteiger partial charge in [-0.05, 0) is 54.4 Å². The number of carbonyl (C=O) groups excluding carboxylic acids is 1. The Morgan fingerprint density at radius 3 is 2.56 bits per heavy atom. The Bertz CT molecular complexity index is 1580. The van der Waals surface area contributed by atoms with Gasteiger partial charge in [-0.2, -0.15) is 0 Å². The molecule has 39 heavy (non-hydrogen) atoms. The van der Waals surface area contributed by atoms with Gasteiger partial charge in [0.2, 0.25) is 5.91 Å². The summed E-state index contributed by atoms with van der Waals surface area (Å²) < 4.78 is 32.0. The normalized spacial score (nSPS) is 19.0. The number of nitrogens with zero attached hydrogens (tertiary/aromatic N) is 3. The lowest BCUT2D eigenvalue weighted by molar-refractivity contribution is -0.121. The van der Waals surface area contributed by atoms with Crippen LogP contribution in [0.4, 0.5) is 0 Å². The molecule has 0 saturated carbocycles. The largest absolute Gasteiger partial charge is 0.489 e. The van der Waals surface area contributed by atoms with Crippen LogP contribution < -0.4 is 10.1 Å². The summed E-state index contributed by atoms with van der Waals surface area (Å²) in [5, 5.41) is 3.65. The van der Waals surface area contributed by atoms with Gasteiger partial charge in [-0.15, -0.1) is 0 Å². The summed E-state index contributed by atoms with van der Waals surface area (Å²) in [6, 6.07) is 20.9. The SMILES string of the molecule is CNC(=O)CC1(c2ccc(OCc3cc(C)nc4ccccc34)cc2)CN(Cc2ccncc2)CCS1(=O)=O. The van der Waals surface area contributed by atoms with E-state index in [0.717, 1.165) is 27.7 Å². The van der Waals surface area contributed by atoms with E-state index >= 15 is 0 Å². The van der Waals surface area contributed by atoms with Gasteiger partial charge in [-0.3, -0.25) is 19.7 Å². The summed E-state index contributed by atoms with van der Waals surface area (Å²) >= 11 is 0. The Morgan fingerprint density at radius 2 is 1.82 bits per heavy atom. The topological polar surface area (TPSA) is 101 Å². The maximum atomic E-state index is 13.7. The number of amides is 1. The van der Waals surface area contributed by atoms with E-state index in [2.05, 4.69) is 20.2 Å². The fourth-order valence-corrected chi connectivity index (χ4v) is 7.40. The van der Waals surface area contributed by atoms with Gasteiger partial charge in [-0.25, -0.2) is 8.42 Å². The Morgan fingerprint density at radius 1 is 1.08 bits per heavy atom. The number of hydrogen-bond donors (Lipinski definition) is 1. The number of nitrogens with one attached hydrogen (secondary N) is 1. The number of sulfone groups is 1. The smallest absolute Gasteiger partial charge is 0.221 e. The molecule has 1 N–H and O–H groups in total. The molecule has 1 fully saturated rings. The summed E-state index contributed by atoms with van der Waals surface area (Å²) in [6.45, 7) is 3.51. The van der Waals surface area contributed by atoms with E-state index in [9.17, 15) is 13.2 Å². The highest BCUT2D eigenvalue weighted by molar-refractivity contribution is 7.92. The zero-order valence-corrected chi connectivity index (χ0v) is 22.9. The standard InChI is InChI=1S/C30H32N4O4S/c1-22-17-24(27-5-3-4-6-28(27)33-22)20-38-26-9-7-25(8-10-26)30(18-29(35)31-2)21-34(15-16-39(30,36)37)19-23-11-13-32-14-12-23/h3-14,17H,15-16,18-21H2,1-2H3,(H,31,35). The molecule has 202 valence electrons. The molecule has 0 bridgehead atoms. The van der Waals surface area contributed by atoms with E-state index in [1.807, 2.05) is 49.4 Å². The van der Waals surface area contributed by atoms with E-state index in [-0.39, 0.29) is 24.6 Å². The lowest BCUT2D eigenvalue weighted by Gasteiger charge is -2.42. The van der Waals surface area contributed by atoms with Crippen LogP contribution in [0.3, 0.4) is 0 Å². The maximum absolute atomic E-state index is 13.7. The highest BCUT2D eigenvalue weighted by Gasteiger charge is 2.50. The fourth-order valence-electron chi connectivity index (χ4n) is 5.28. The van der Waals surface area contributed by atoms with E-state index in [1.165, 1.54) is 7.05 Å². The molecule has 1 saturated heterocycles. The van der Waals surface area contributed by atoms with Gasteiger partial charge >= 0.3 is 0 Å². The molecule has 5 rings (SSSR count). The summed E-state index contributed by atoms with van der Waals surface area (Å²) in [5.41, 5.74) is 4.49. The van der Waals surface area contributed by atoms with Gasteiger partial charge in [0.05, 0.1) is 17.7 Å². The minimum atomic E-state index is -3.63. The second-order valence-corrected chi connectivity index (χ2v) is 12.4. The van der Waals surface area contributed by atoms with E-state index in [4.69, 9.17) is 4.74 Å². The summed E-state index contributed by atoms with van der Waals surface area (Å²) in [6.07, 6.45) is 3.30. The first-order valence-electron chi connectivity index (χ1n) is 12.9. The molecule has 1 aliphatic heterocycles. The Balaban J connectivity index is 1.42. The lowest BCUT2D eigenvalue weighted by Crippen LogP contribution is -2.55. The quantitative estimate of drug-likeness (QED) is 0.360. The molecule has 1 unspecified atom stereocenters. The summed E-state index contributed by atoms with van der Waals surface area (Å²) in [5.74, 6) is 0.278. The molecule has 0 aliphatic carbocycles. The number of fused-ring (bicyclic) bond motifs is 1. The fraction of sp³-hybridized carbons (Fsp3) is 0.300. The molecule has 2 aromatic heterocycles. The second kappa shape index (κ2) is 11.1. The second-order valence-electron chi connectivity index (χ2n) is 9.98. The van der Waals surface area contributed by atoms with Crippen molar-refractivity contribution in [2.24, 2.45) is 0 Å². The first kappa shape index (κ1) is 26.8. The van der Waals surface area contributed by atoms with Crippen LogP contribution >= 0.6 is 0 Å². The molecule has 2 aromatic carbocycles. The van der Waals surface area contributed by atoms with Crippen LogP contribution in [-0.2, 0) is 32.5 Å². The Kier molecular flexibility index (Phi) is 7.63. The van der Waals surface area contributed by atoms with Crippen molar-refractivity contribution in [3.05, 3.63) is 102 Å². The van der Waals surface area contributed by atoms with E-state index in [1.54, 1.807) is 36.7 Å². The highest BCUT2D eigenvalue weighted by Crippen LogP contribution is 2.40. The maximum Gasteiger partial charge on any atom is 0.221 e. The molecule has 9 heteroatoms. The van der Waals surface area contributed by atoms with Crippen molar-refractivity contribution < 1.29 is 17.9 Å². The molecule has 1 aliphatic rings. The van der Waals surface area contributed by atoms with Crippen molar-refractivity contribution >= 4 is 26.6 Å². The molecule has 4 aromatic rings.